The molecule has 118 valence electrons. The Bertz CT molecular complexity index is 493. The van der Waals surface area contributed by atoms with Crippen molar-refractivity contribution >= 4 is 0 Å². The molecule has 0 amide bonds. The van der Waals surface area contributed by atoms with Crippen molar-refractivity contribution in [2.75, 3.05) is 7.11 Å². The Morgan fingerprint density at radius 3 is 2.24 bits per heavy atom. The highest BCUT2D eigenvalue weighted by Gasteiger charge is 2.45. The van der Waals surface area contributed by atoms with Gasteiger partial charge in [0.25, 0.3) is 0 Å². The summed E-state index contributed by atoms with van der Waals surface area (Å²) in [5.74, 6) is 1.28. The van der Waals surface area contributed by atoms with Crippen LogP contribution in [0.15, 0.2) is 4.52 Å². The molecule has 5 heteroatoms. The van der Waals surface area contributed by atoms with Crippen LogP contribution in [-0.2, 0) is 15.9 Å². The maximum atomic E-state index is 6.41. The average molecular weight is 293 g/mol. The van der Waals surface area contributed by atoms with E-state index in [0.717, 1.165) is 51.4 Å². The van der Waals surface area contributed by atoms with E-state index in [1.807, 2.05) is 0 Å². The Morgan fingerprint density at radius 1 is 1.05 bits per heavy atom. The first kappa shape index (κ1) is 15.0. The number of hydrogen-bond donors (Lipinski definition) is 1. The van der Waals surface area contributed by atoms with E-state index < -0.39 is 11.1 Å². The Morgan fingerprint density at radius 2 is 1.67 bits per heavy atom. The van der Waals surface area contributed by atoms with Gasteiger partial charge in [-0.25, -0.2) is 0 Å². The largest absolute Gasteiger partial charge is 0.370 e. The molecule has 0 aliphatic heterocycles. The molecule has 5 nitrogen and oxygen atoms in total. The summed E-state index contributed by atoms with van der Waals surface area (Å²) >= 11 is 0. The van der Waals surface area contributed by atoms with Crippen LogP contribution in [0.3, 0.4) is 0 Å². The molecular formula is C16H27N3O2. The van der Waals surface area contributed by atoms with Gasteiger partial charge in [0.1, 0.15) is 5.60 Å². The van der Waals surface area contributed by atoms with E-state index in [-0.39, 0.29) is 0 Å². The molecule has 21 heavy (non-hydrogen) atoms. The van der Waals surface area contributed by atoms with Crippen molar-refractivity contribution in [1.82, 2.24) is 10.1 Å². The van der Waals surface area contributed by atoms with E-state index in [1.165, 1.54) is 0 Å². The minimum atomic E-state index is -0.423. The van der Waals surface area contributed by atoms with Crippen LogP contribution in [0.4, 0.5) is 0 Å². The van der Waals surface area contributed by atoms with E-state index in [2.05, 4.69) is 24.0 Å². The Labute approximate surface area is 126 Å². The molecule has 0 aromatic carbocycles. The van der Waals surface area contributed by atoms with Gasteiger partial charge in [-0.05, 0) is 43.9 Å². The molecule has 0 unspecified atom stereocenters. The molecule has 0 saturated heterocycles. The predicted molar refractivity (Wildman–Crippen MR) is 79.6 cm³/mol. The summed E-state index contributed by atoms with van der Waals surface area (Å²) in [7, 11) is 1.75. The first-order valence-corrected chi connectivity index (χ1v) is 8.08. The summed E-state index contributed by atoms with van der Waals surface area (Å²) in [5.41, 5.74) is 5.96. The van der Waals surface area contributed by atoms with Gasteiger partial charge >= 0.3 is 0 Å². The fourth-order valence-corrected chi connectivity index (χ4v) is 3.68. The quantitative estimate of drug-likeness (QED) is 0.926. The van der Waals surface area contributed by atoms with Gasteiger partial charge in [-0.15, -0.1) is 0 Å². The van der Waals surface area contributed by atoms with Gasteiger partial charge in [0.05, 0.1) is 5.54 Å². The van der Waals surface area contributed by atoms with Crippen molar-refractivity contribution in [3.05, 3.63) is 11.7 Å². The van der Waals surface area contributed by atoms with Crippen LogP contribution in [0.2, 0.25) is 0 Å². The van der Waals surface area contributed by atoms with E-state index in [1.54, 1.807) is 7.11 Å². The van der Waals surface area contributed by atoms with Crippen molar-refractivity contribution in [2.45, 2.75) is 76.4 Å². The summed E-state index contributed by atoms with van der Waals surface area (Å²) in [6.45, 7) is 4.61. The van der Waals surface area contributed by atoms with Gasteiger partial charge in [0, 0.05) is 7.11 Å². The SMILES string of the molecule is COC1(c2noc(C3(N)CCCC3)n2)CCC(C)(C)CC1. The van der Waals surface area contributed by atoms with E-state index in [4.69, 9.17) is 15.0 Å². The minimum absolute atomic E-state index is 0.370. The van der Waals surface area contributed by atoms with Gasteiger partial charge in [0.2, 0.25) is 11.7 Å². The summed E-state index contributed by atoms with van der Waals surface area (Å²) < 4.78 is 11.4. The third-order valence-corrected chi connectivity index (χ3v) is 5.56. The molecule has 1 heterocycles. The fourth-order valence-electron chi connectivity index (χ4n) is 3.68. The highest BCUT2D eigenvalue weighted by atomic mass is 16.5. The fraction of sp³-hybridized carbons (Fsp3) is 0.875. The topological polar surface area (TPSA) is 74.2 Å². The zero-order valence-electron chi connectivity index (χ0n) is 13.4. The van der Waals surface area contributed by atoms with Crippen LogP contribution in [0.25, 0.3) is 0 Å². The van der Waals surface area contributed by atoms with Gasteiger partial charge in [-0.1, -0.05) is 31.8 Å². The Balaban J connectivity index is 1.84. The Hall–Kier alpha value is -0.940. The van der Waals surface area contributed by atoms with Crippen molar-refractivity contribution in [1.29, 1.82) is 0 Å². The first-order chi connectivity index (χ1) is 9.89. The van der Waals surface area contributed by atoms with E-state index in [0.29, 0.717) is 17.1 Å². The molecule has 0 atom stereocenters. The zero-order valence-corrected chi connectivity index (χ0v) is 13.4. The second kappa shape index (κ2) is 5.06. The first-order valence-electron chi connectivity index (χ1n) is 8.08. The third kappa shape index (κ3) is 2.61. The molecule has 0 bridgehead atoms. The van der Waals surface area contributed by atoms with Crippen molar-refractivity contribution < 1.29 is 9.26 Å². The number of aromatic nitrogens is 2. The maximum Gasteiger partial charge on any atom is 0.246 e. The van der Waals surface area contributed by atoms with Crippen molar-refractivity contribution in [3.63, 3.8) is 0 Å². The molecule has 0 radical (unpaired) electrons. The van der Waals surface area contributed by atoms with Crippen molar-refractivity contribution in [2.24, 2.45) is 11.1 Å². The minimum Gasteiger partial charge on any atom is -0.370 e. The van der Waals surface area contributed by atoms with Crippen LogP contribution in [0.5, 0.6) is 0 Å². The highest BCUT2D eigenvalue weighted by molar-refractivity contribution is 5.10. The molecule has 2 saturated carbocycles. The normalized spacial score (nSPS) is 26.9. The maximum absolute atomic E-state index is 6.41. The van der Waals surface area contributed by atoms with Gasteiger partial charge < -0.3 is 15.0 Å². The summed E-state index contributed by atoms with van der Waals surface area (Å²) in [5, 5.41) is 4.23. The molecule has 2 aliphatic rings. The third-order valence-electron chi connectivity index (χ3n) is 5.56. The smallest absolute Gasteiger partial charge is 0.246 e. The summed E-state index contributed by atoms with van der Waals surface area (Å²) in [6, 6.07) is 0. The van der Waals surface area contributed by atoms with Gasteiger partial charge in [-0.3, -0.25) is 0 Å². The van der Waals surface area contributed by atoms with Crippen LogP contribution in [-0.4, -0.2) is 17.3 Å². The number of rotatable bonds is 3. The summed E-state index contributed by atoms with van der Waals surface area (Å²) in [4.78, 5) is 4.65. The second-order valence-corrected chi connectivity index (χ2v) is 7.65. The van der Waals surface area contributed by atoms with E-state index >= 15 is 0 Å². The number of ether oxygens (including phenoxy) is 1. The lowest BCUT2D eigenvalue weighted by Crippen LogP contribution is -2.38. The number of hydrogen-bond acceptors (Lipinski definition) is 5. The molecule has 1 aromatic heterocycles. The van der Waals surface area contributed by atoms with Gasteiger partial charge in [0.15, 0.2) is 0 Å². The average Bonchev–Trinajstić information content (AvgIpc) is 3.10. The lowest BCUT2D eigenvalue weighted by molar-refractivity contribution is -0.0740. The van der Waals surface area contributed by atoms with Crippen LogP contribution in [0, 0.1) is 5.41 Å². The molecule has 1 aromatic rings. The zero-order chi connectivity index (χ0) is 15.1. The van der Waals surface area contributed by atoms with E-state index in [9.17, 15) is 0 Å². The molecule has 0 spiro atoms. The number of nitrogens with zero attached hydrogens (tertiary/aromatic N) is 2. The molecule has 2 fully saturated rings. The highest BCUT2D eigenvalue weighted by Crippen LogP contribution is 2.46. The standard InChI is InChI=1S/C16H27N3O2/c1-14(2)8-10-16(20-3,11-9-14)12-18-13(21-19-12)15(17)6-4-5-7-15/h4-11,17H2,1-3H3. The van der Waals surface area contributed by atoms with Crippen molar-refractivity contribution in [3.8, 4) is 0 Å². The number of methoxy groups -OCH3 is 1. The monoisotopic (exact) mass is 293 g/mol. The van der Waals surface area contributed by atoms with Crippen LogP contribution < -0.4 is 5.73 Å². The summed E-state index contributed by atoms with van der Waals surface area (Å²) in [6.07, 6.45) is 8.23. The lowest BCUT2D eigenvalue weighted by Gasteiger charge is -2.40. The molecule has 3 rings (SSSR count). The predicted octanol–water partition coefficient (Wildman–Crippen LogP) is 3.24. The second-order valence-electron chi connectivity index (χ2n) is 7.65. The molecular weight excluding hydrogens is 266 g/mol. The van der Waals surface area contributed by atoms with Crippen LogP contribution in [0.1, 0.15) is 76.9 Å². The molecule has 2 aliphatic carbocycles. The van der Waals surface area contributed by atoms with Crippen LogP contribution >= 0.6 is 0 Å². The Kier molecular flexibility index (Phi) is 3.61. The number of nitrogens with two attached hydrogens (primary N) is 1. The lowest BCUT2D eigenvalue weighted by atomic mass is 9.70. The van der Waals surface area contributed by atoms with Gasteiger partial charge in [-0.2, -0.15) is 4.98 Å². The molecule has 2 N–H and O–H groups in total.